The standard InChI is InChI=1S/C14H23NO/c1-5-15-13(11-16-4)14(2,3)12-9-7-6-8-10-12/h6-10,13,15H,5,11H2,1-4H3. The van der Waals surface area contributed by atoms with Crippen LogP contribution in [0, 0.1) is 0 Å². The first kappa shape index (κ1) is 13.2. The molecule has 1 aromatic carbocycles. The van der Waals surface area contributed by atoms with Gasteiger partial charge in [-0.15, -0.1) is 0 Å². The maximum Gasteiger partial charge on any atom is 0.0624 e. The van der Waals surface area contributed by atoms with E-state index >= 15 is 0 Å². The number of benzene rings is 1. The van der Waals surface area contributed by atoms with E-state index < -0.39 is 0 Å². The van der Waals surface area contributed by atoms with Crippen LogP contribution in [0.4, 0.5) is 0 Å². The predicted octanol–water partition coefficient (Wildman–Crippen LogP) is 2.59. The van der Waals surface area contributed by atoms with Gasteiger partial charge in [-0.1, -0.05) is 51.1 Å². The van der Waals surface area contributed by atoms with E-state index in [-0.39, 0.29) is 5.41 Å². The van der Waals surface area contributed by atoms with Crippen LogP contribution in [0.15, 0.2) is 30.3 Å². The van der Waals surface area contributed by atoms with Crippen LogP contribution in [-0.4, -0.2) is 26.3 Å². The van der Waals surface area contributed by atoms with E-state index in [2.05, 4.69) is 56.4 Å². The van der Waals surface area contributed by atoms with Gasteiger partial charge in [0.25, 0.3) is 0 Å². The van der Waals surface area contributed by atoms with Gasteiger partial charge in [-0.2, -0.15) is 0 Å². The second-order valence-corrected chi connectivity index (χ2v) is 4.65. The summed E-state index contributed by atoms with van der Waals surface area (Å²) < 4.78 is 5.30. The van der Waals surface area contributed by atoms with Gasteiger partial charge in [-0.3, -0.25) is 0 Å². The third-order valence-electron chi connectivity index (χ3n) is 3.17. The fourth-order valence-electron chi connectivity index (χ4n) is 2.00. The number of methoxy groups -OCH3 is 1. The summed E-state index contributed by atoms with van der Waals surface area (Å²) in [5.74, 6) is 0. The lowest BCUT2D eigenvalue weighted by molar-refractivity contribution is 0.136. The molecule has 0 aliphatic rings. The molecule has 2 nitrogen and oxygen atoms in total. The zero-order valence-corrected chi connectivity index (χ0v) is 10.8. The van der Waals surface area contributed by atoms with Crippen molar-refractivity contribution in [3.63, 3.8) is 0 Å². The van der Waals surface area contributed by atoms with Crippen molar-refractivity contribution < 1.29 is 4.74 Å². The number of rotatable bonds is 6. The molecule has 0 amide bonds. The number of hydrogen-bond donors (Lipinski definition) is 1. The molecule has 0 spiro atoms. The Morgan fingerprint density at radius 3 is 2.38 bits per heavy atom. The Morgan fingerprint density at radius 2 is 1.88 bits per heavy atom. The first-order valence-electron chi connectivity index (χ1n) is 5.90. The largest absolute Gasteiger partial charge is 0.383 e. The lowest BCUT2D eigenvalue weighted by Crippen LogP contribution is -2.47. The van der Waals surface area contributed by atoms with Gasteiger partial charge in [0.05, 0.1) is 6.61 Å². The first-order chi connectivity index (χ1) is 7.62. The Morgan fingerprint density at radius 1 is 1.25 bits per heavy atom. The summed E-state index contributed by atoms with van der Waals surface area (Å²) in [6.45, 7) is 8.34. The van der Waals surface area contributed by atoms with Crippen LogP contribution in [0.5, 0.6) is 0 Å². The van der Waals surface area contributed by atoms with Crippen molar-refractivity contribution in [3.8, 4) is 0 Å². The average Bonchev–Trinajstić information content (AvgIpc) is 2.30. The molecule has 1 aromatic rings. The van der Waals surface area contributed by atoms with E-state index in [4.69, 9.17) is 4.74 Å². The molecule has 1 N–H and O–H groups in total. The Labute approximate surface area is 99.0 Å². The van der Waals surface area contributed by atoms with Crippen LogP contribution in [0.2, 0.25) is 0 Å². The van der Waals surface area contributed by atoms with Crippen LogP contribution in [0.3, 0.4) is 0 Å². The topological polar surface area (TPSA) is 21.3 Å². The molecule has 1 rings (SSSR count). The van der Waals surface area contributed by atoms with Crippen molar-refractivity contribution in [2.24, 2.45) is 0 Å². The minimum atomic E-state index is 0.0767. The minimum Gasteiger partial charge on any atom is -0.383 e. The lowest BCUT2D eigenvalue weighted by Gasteiger charge is -2.35. The average molecular weight is 221 g/mol. The summed E-state index contributed by atoms with van der Waals surface area (Å²) in [6.07, 6.45) is 0. The third-order valence-corrected chi connectivity index (χ3v) is 3.17. The smallest absolute Gasteiger partial charge is 0.0624 e. The molecule has 0 bridgehead atoms. The fourth-order valence-corrected chi connectivity index (χ4v) is 2.00. The van der Waals surface area contributed by atoms with E-state index in [9.17, 15) is 0 Å². The second-order valence-electron chi connectivity index (χ2n) is 4.65. The van der Waals surface area contributed by atoms with E-state index in [1.165, 1.54) is 5.56 Å². The van der Waals surface area contributed by atoms with Gasteiger partial charge in [-0.25, -0.2) is 0 Å². The summed E-state index contributed by atoms with van der Waals surface area (Å²) in [6, 6.07) is 10.9. The molecule has 0 fully saturated rings. The van der Waals surface area contributed by atoms with E-state index in [0.29, 0.717) is 6.04 Å². The quantitative estimate of drug-likeness (QED) is 0.797. The molecule has 0 aliphatic carbocycles. The Kier molecular flexibility index (Phi) is 4.97. The molecule has 1 atom stereocenters. The van der Waals surface area contributed by atoms with Crippen molar-refractivity contribution in [2.45, 2.75) is 32.2 Å². The van der Waals surface area contributed by atoms with Crippen molar-refractivity contribution >= 4 is 0 Å². The van der Waals surface area contributed by atoms with Crippen LogP contribution >= 0.6 is 0 Å². The highest BCUT2D eigenvalue weighted by Gasteiger charge is 2.30. The molecule has 0 radical (unpaired) electrons. The molecule has 0 saturated heterocycles. The molecular weight excluding hydrogens is 198 g/mol. The maximum atomic E-state index is 5.30. The SMILES string of the molecule is CCNC(COC)C(C)(C)c1ccccc1. The van der Waals surface area contributed by atoms with Crippen LogP contribution in [0.1, 0.15) is 26.3 Å². The van der Waals surface area contributed by atoms with E-state index in [1.54, 1.807) is 7.11 Å². The normalized spacial score (nSPS) is 13.8. The van der Waals surface area contributed by atoms with E-state index in [0.717, 1.165) is 13.2 Å². The summed E-state index contributed by atoms with van der Waals surface area (Å²) in [7, 11) is 1.76. The van der Waals surface area contributed by atoms with Crippen molar-refractivity contribution in [3.05, 3.63) is 35.9 Å². The highest BCUT2D eigenvalue weighted by Crippen LogP contribution is 2.27. The summed E-state index contributed by atoms with van der Waals surface area (Å²) >= 11 is 0. The summed E-state index contributed by atoms with van der Waals surface area (Å²) in [5, 5.41) is 3.50. The first-order valence-corrected chi connectivity index (χ1v) is 5.90. The van der Waals surface area contributed by atoms with Crippen LogP contribution < -0.4 is 5.32 Å². The van der Waals surface area contributed by atoms with E-state index in [1.807, 2.05) is 0 Å². The van der Waals surface area contributed by atoms with Crippen molar-refractivity contribution in [2.75, 3.05) is 20.3 Å². The van der Waals surface area contributed by atoms with Crippen molar-refractivity contribution in [1.82, 2.24) is 5.32 Å². The monoisotopic (exact) mass is 221 g/mol. The zero-order valence-electron chi connectivity index (χ0n) is 10.8. The highest BCUT2D eigenvalue weighted by molar-refractivity contribution is 5.25. The van der Waals surface area contributed by atoms with Gasteiger partial charge in [0, 0.05) is 18.6 Å². The number of ether oxygens (including phenoxy) is 1. The summed E-state index contributed by atoms with van der Waals surface area (Å²) in [5.41, 5.74) is 1.42. The Bertz CT molecular complexity index is 289. The molecule has 16 heavy (non-hydrogen) atoms. The van der Waals surface area contributed by atoms with Gasteiger partial charge in [0.15, 0.2) is 0 Å². The van der Waals surface area contributed by atoms with Crippen molar-refractivity contribution in [1.29, 1.82) is 0 Å². The number of likely N-dealkylation sites (N-methyl/N-ethyl adjacent to an activating group) is 1. The fraction of sp³-hybridized carbons (Fsp3) is 0.571. The highest BCUT2D eigenvalue weighted by atomic mass is 16.5. The number of hydrogen-bond acceptors (Lipinski definition) is 2. The van der Waals surface area contributed by atoms with Gasteiger partial charge >= 0.3 is 0 Å². The Balaban J connectivity index is 2.88. The molecule has 2 heteroatoms. The molecule has 1 unspecified atom stereocenters. The van der Waals surface area contributed by atoms with Crippen LogP contribution in [-0.2, 0) is 10.2 Å². The molecule has 0 aliphatic heterocycles. The molecule has 0 aromatic heterocycles. The predicted molar refractivity (Wildman–Crippen MR) is 68.8 cm³/mol. The maximum absolute atomic E-state index is 5.30. The molecule has 0 heterocycles. The van der Waals surface area contributed by atoms with Gasteiger partial charge in [0.1, 0.15) is 0 Å². The van der Waals surface area contributed by atoms with Gasteiger partial charge in [-0.05, 0) is 12.1 Å². The lowest BCUT2D eigenvalue weighted by atomic mass is 9.78. The molecule has 90 valence electrons. The summed E-state index contributed by atoms with van der Waals surface area (Å²) in [4.78, 5) is 0. The van der Waals surface area contributed by atoms with Crippen LogP contribution in [0.25, 0.3) is 0 Å². The Hall–Kier alpha value is -0.860. The molecule has 0 saturated carbocycles. The zero-order chi connectivity index (χ0) is 12.0. The second kappa shape index (κ2) is 6.02. The van der Waals surface area contributed by atoms with Gasteiger partial charge in [0.2, 0.25) is 0 Å². The van der Waals surface area contributed by atoms with Gasteiger partial charge < -0.3 is 10.1 Å². The third kappa shape index (κ3) is 3.06. The number of nitrogens with one attached hydrogen (secondary N) is 1. The molecular formula is C14H23NO. The minimum absolute atomic E-state index is 0.0767.